The van der Waals surface area contributed by atoms with Crippen molar-refractivity contribution in [3.63, 3.8) is 0 Å². The second kappa shape index (κ2) is 14.1. The van der Waals surface area contributed by atoms with E-state index in [1.807, 2.05) is 13.8 Å². The Balaban J connectivity index is 2.42. The van der Waals surface area contributed by atoms with Crippen molar-refractivity contribution in [1.29, 1.82) is 0 Å². The van der Waals surface area contributed by atoms with Crippen LogP contribution in [0.15, 0.2) is 48.5 Å². The highest BCUT2D eigenvalue weighted by molar-refractivity contribution is 5.89. The first-order valence-electron chi connectivity index (χ1n) is 12.4. The second-order valence-corrected chi connectivity index (χ2v) is 8.88. The van der Waals surface area contributed by atoms with Gasteiger partial charge in [0.2, 0.25) is 0 Å². The molecular formula is C28H35NO8. The van der Waals surface area contributed by atoms with Crippen LogP contribution in [0.5, 0.6) is 11.5 Å². The van der Waals surface area contributed by atoms with Gasteiger partial charge in [0.1, 0.15) is 12.1 Å². The number of rotatable bonds is 13. The molecule has 2 aromatic rings. The summed E-state index contributed by atoms with van der Waals surface area (Å²) in [6.07, 6.45) is 0.744. The Bertz CT molecular complexity index is 1080. The highest BCUT2D eigenvalue weighted by atomic mass is 16.6. The lowest BCUT2D eigenvalue weighted by Crippen LogP contribution is -2.42. The molecule has 0 saturated carbocycles. The molecule has 0 heterocycles. The zero-order valence-electron chi connectivity index (χ0n) is 21.6. The molecule has 2 aromatic carbocycles. The van der Waals surface area contributed by atoms with E-state index in [-0.39, 0.29) is 24.3 Å². The van der Waals surface area contributed by atoms with Gasteiger partial charge in [-0.1, -0.05) is 45.0 Å². The summed E-state index contributed by atoms with van der Waals surface area (Å²) in [5.41, 5.74) is 6.89. The number of esters is 3. The molecule has 2 rings (SSSR count). The first kappa shape index (κ1) is 29.5. The van der Waals surface area contributed by atoms with E-state index in [1.54, 1.807) is 50.2 Å². The van der Waals surface area contributed by atoms with Crippen LogP contribution < -0.4 is 15.2 Å². The summed E-state index contributed by atoms with van der Waals surface area (Å²) in [5.74, 6) is -4.15. The maximum atomic E-state index is 12.6. The fourth-order valence-corrected chi connectivity index (χ4v) is 3.85. The van der Waals surface area contributed by atoms with E-state index < -0.39 is 47.9 Å². The molecule has 200 valence electrons. The molecule has 0 aliphatic carbocycles. The highest BCUT2D eigenvalue weighted by Crippen LogP contribution is 2.37. The van der Waals surface area contributed by atoms with Crippen molar-refractivity contribution in [2.45, 2.75) is 71.4 Å². The molecule has 0 bridgehead atoms. The minimum Gasteiger partial charge on any atom is -0.480 e. The summed E-state index contributed by atoms with van der Waals surface area (Å²) in [6.45, 7) is 7.05. The minimum absolute atomic E-state index is 0.0101. The predicted octanol–water partition coefficient (Wildman–Crippen LogP) is 4.47. The molecule has 3 unspecified atom stereocenters. The van der Waals surface area contributed by atoms with Crippen molar-refractivity contribution in [2.75, 3.05) is 0 Å². The third-order valence-electron chi connectivity index (χ3n) is 5.99. The Morgan fingerprint density at radius 2 is 1.43 bits per heavy atom. The fourth-order valence-electron chi connectivity index (χ4n) is 3.85. The Morgan fingerprint density at radius 3 is 1.97 bits per heavy atom. The van der Waals surface area contributed by atoms with Crippen LogP contribution in [0.1, 0.15) is 75.2 Å². The van der Waals surface area contributed by atoms with E-state index >= 15 is 0 Å². The monoisotopic (exact) mass is 513 g/mol. The van der Waals surface area contributed by atoms with Gasteiger partial charge in [0.05, 0.1) is 5.56 Å². The van der Waals surface area contributed by atoms with E-state index in [0.717, 1.165) is 0 Å². The van der Waals surface area contributed by atoms with Crippen LogP contribution >= 0.6 is 0 Å². The van der Waals surface area contributed by atoms with Crippen molar-refractivity contribution in [1.82, 2.24) is 0 Å². The highest BCUT2D eigenvalue weighted by Gasteiger charge is 2.36. The van der Waals surface area contributed by atoms with Gasteiger partial charge < -0.3 is 25.1 Å². The van der Waals surface area contributed by atoms with Gasteiger partial charge in [0.25, 0.3) is 0 Å². The van der Waals surface area contributed by atoms with E-state index in [2.05, 4.69) is 0 Å². The first-order chi connectivity index (χ1) is 17.6. The van der Waals surface area contributed by atoms with Crippen molar-refractivity contribution in [3.05, 3.63) is 59.7 Å². The summed E-state index contributed by atoms with van der Waals surface area (Å²) in [6, 6.07) is 11.6. The van der Waals surface area contributed by atoms with Gasteiger partial charge in [-0.15, -0.1) is 0 Å². The Labute approximate surface area is 216 Å². The maximum Gasteiger partial charge on any atom is 0.338 e. The third-order valence-corrected chi connectivity index (χ3v) is 5.99. The number of carboxylic acids is 1. The lowest BCUT2D eigenvalue weighted by molar-refractivity contribution is -0.140. The molecule has 3 N–H and O–H groups in total. The van der Waals surface area contributed by atoms with Crippen LogP contribution in [0.2, 0.25) is 0 Å². The number of carboxylic acid groups (broad SMARTS) is 1. The van der Waals surface area contributed by atoms with Crippen LogP contribution in [0, 0.1) is 5.92 Å². The number of hydrogen-bond acceptors (Lipinski definition) is 8. The molecule has 0 fully saturated rings. The largest absolute Gasteiger partial charge is 0.480 e. The summed E-state index contributed by atoms with van der Waals surface area (Å²) in [4.78, 5) is 48.9. The molecule has 0 spiro atoms. The average molecular weight is 514 g/mol. The van der Waals surface area contributed by atoms with Crippen molar-refractivity contribution >= 4 is 23.9 Å². The molecule has 0 amide bonds. The quantitative estimate of drug-likeness (QED) is 0.293. The standard InChI is InChI=1S/C28H35NO8/c1-5-10-23(30)36-21-15-14-20(16-22(21)37-24(31)11-6-2)25(26(29)27(32)33)17(3)18(4)35-28(34)19-12-8-7-9-13-19/h7-9,12-18,25-26H,5-6,10-11,29H2,1-4H3,(H,32,33)/t17?,18?,25?,26-/m0/s1. The molecule has 4 atom stereocenters. The second-order valence-electron chi connectivity index (χ2n) is 8.88. The molecule has 0 radical (unpaired) electrons. The van der Waals surface area contributed by atoms with Crippen LogP contribution in [0.25, 0.3) is 0 Å². The molecular weight excluding hydrogens is 478 g/mol. The zero-order valence-corrected chi connectivity index (χ0v) is 21.6. The van der Waals surface area contributed by atoms with Gasteiger partial charge in [-0.2, -0.15) is 0 Å². The molecule has 37 heavy (non-hydrogen) atoms. The summed E-state index contributed by atoms with van der Waals surface area (Å²) in [7, 11) is 0. The number of hydrogen-bond donors (Lipinski definition) is 2. The lowest BCUT2D eigenvalue weighted by Gasteiger charge is -2.32. The van der Waals surface area contributed by atoms with Crippen LogP contribution in [0.4, 0.5) is 0 Å². The predicted molar refractivity (Wildman–Crippen MR) is 136 cm³/mol. The SMILES string of the molecule is CCCC(=O)Oc1ccc(C(C(C)C(C)OC(=O)c2ccccc2)[C@H](N)C(=O)O)cc1OC(=O)CCC. The third kappa shape index (κ3) is 8.42. The number of nitrogens with two attached hydrogens (primary N) is 1. The van der Waals surface area contributed by atoms with Crippen molar-refractivity contribution < 1.29 is 38.5 Å². The lowest BCUT2D eigenvalue weighted by atomic mass is 9.79. The maximum absolute atomic E-state index is 12.6. The van der Waals surface area contributed by atoms with Gasteiger partial charge in [-0.25, -0.2) is 4.79 Å². The molecule has 0 saturated heterocycles. The minimum atomic E-state index is -1.36. The number of benzene rings is 2. The molecule has 9 nitrogen and oxygen atoms in total. The Kier molecular flexibility index (Phi) is 11.3. The number of ether oxygens (including phenoxy) is 3. The smallest absolute Gasteiger partial charge is 0.338 e. The van der Waals surface area contributed by atoms with E-state index in [1.165, 1.54) is 12.1 Å². The zero-order chi connectivity index (χ0) is 27.5. The molecule has 9 heteroatoms. The summed E-state index contributed by atoms with van der Waals surface area (Å²) < 4.78 is 16.5. The normalized spacial score (nSPS) is 14.1. The van der Waals surface area contributed by atoms with Gasteiger partial charge in [0.15, 0.2) is 11.5 Å². The summed E-state index contributed by atoms with van der Waals surface area (Å²) >= 11 is 0. The average Bonchev–Trinajstić information content (AvgIpc) is 2.86. The molecule has 0 aliphatic heterocycles. The number of carbonyl (C=O) groups is 4. The van der Waals surface area contributed by atoms with E-state index in [9.17, 15) is 24.3 Å². The fraction of sp³-hybridized carbons (Fsp3) is 0.429. The van der Waals surface area contributed by atoms with Crippen LogP contribution in [-0.2, 0) is 19.1 Å². The van der Waals surface area contributed by atoms with E-state index in [0.29, 0.717) is 24.0 Å². The topological polar surface area (TPSA) is 142 Å². The van der Waals surface area contributed by atoms with Crippen molar-refractivity contribution in [3.8, 4) is 11.5 Å². The van der Waals surface area contributed by atoms with Gasteiger partial charge in [-0.3, -0.25) is 14.4 Å². The number of aliphatic carboxylic acids is 1. The van der Waals surface area contributed by atoms with Gasteiger partial charge in [-0.05, 0) is 49.6 Å². The Hall–Kier alpha value is -3.72. The van der Waals surface area contributed by atoms with Crippen LogP contribution in [0.3, 0.4) is 0 Å². The number of carbonyl (C=O) groups excluding carboxylic acids is 3. The van der Waals surface area contributed by atoms with Gasteiger partial charge in [0, 0.05) is 24.7 Å². The Morgan fingerprint density at radius 1 is 0.865 bits per heavy atom. The molecule has 0 aromatic heterocycles. The van der Waals surface area contributed by atoms with Crippen molar-refractivity contribution in [2.24, 2.45) is 11.7 Å². The van der Waals surface area contributed by atoms with Crippen LogP contribution in [-0.4, -0.2) is 41.1 Å². The van der Waals surface area contributed by atoms with E-state index in [4.69, 9.17) is 19.9 Å². The van der Waals surface area contributed by atoms with Gasteiger partial charge >= 0.3 is 23.9 Å². The summed E-state index contributed by atoms with van der Waals surface area (Å²) in [5, 5.41) is 9.73. The first-order valence-corrected chi connectivity index (χ1v) is 12.4. The molecule has 0 aliphatic rings.